The Bertz CT molecular complexity index is 611. The SMILES string of the molecule is O=C(Nc1ccc(CCCl)cc1)c1ccc(O)cc1O. The first-order valence-electron chi connectivity index (χ1n) is 6.08. The summed E-state index contributed by atoms with van der Waals surface area (Å²) in [4.78, 5) is 12.0. The minimum absolute atomic E-state index is 0.0931. The molecule has 0 spiro atoms. The van der Waals surface area contributed by atoms with Crippen molar-refractivity contribution < 1.29 is 15.0 Å². The second kappa shape index (κ2) is 6.30. The predicted molar refractivity (Wildman–Crippen MR) is 78.6 cm³/mol. The van der Waals surface area contributed by atoms with Gasteiger partial charge in [0.25, 0.3) is 5.91 Å². The van der Waals surface area contributed by atoms with Gasteiger partial charge < -0.3 is 15.5 Å². The van der Waals surface area contributed by atoms with Gasteiger partial charge in [-0.2, -0.15) is 0 Å². The summed E-state index contributed by atoms with van der Waals surface area (Å²) in [6, 6.07) is 11.1. The van der Waals surface area contributed by atoms with Crippen molar-refractivity contribution in [2.45, 2.75) is 6.42 Å². The fourth-order valence-electron chi connectivity index (χ4n) is 1.77. The molecule has 0 aliphatic rings. The second-order valence-electron chi connectivity index (χ2n) is 4.29. The van der Waals surface area contributed by atoms with Gasteiger partial charge in [0, 0.05) is 17.6 Å². The van der Waals surface area contributed by atoms with Crippen LogP contribution in [0.1, 0.15) is 15.9 Å². The van der Waals surface area contributed by atoms with Crippen molar-refractivity contribution in [1.82, 2.24) is 0 Å². The molecule has 0 saturated carbocycles. The zero-order valence-corrected chi connectivity index (χ0v) is 11.4. The van der Waals surface area contributed by atoms with Crippen LogP contribution >= 0.6 is 11.6 Å². The minimum Gasteiger partial charge on any atom is -0.508 e. The fourth-order valence-corrected chi connectivity index (χ4v) is 1.99. The van der Waals surface area contributed by atoms with E-state index in [1.165, 1.54) is 12.1 Å². The van der Waals surface area contributed by atoms with Crippen LogP contribution in [0.5, 0.6) is 11.5 Å². The molecule has 4 nitrogen and oxygen atoms in total. The van der Waals surface area contributed by atoms with Crippen molar-refractivity contribution in [3.05, 3.63) is 53.6 Å². The molecule has 0 aliphatic carbocycles. The summed E-state index contributed by atoms with van der Waals surface area (Å²) >= 11 is 5.65. The normalized spacial score (nSPS) is 10.2. The Morgan fingerprint density at radius 1 is 1.10 bits per heavy atom. The lowest BCUT2D eigenvalue weighted by atomic mass is 10.1. The van der Waals surface area contributed by atoms with E-state index in [4.69, 9.17) is 11.6 Å². The molecular weight excluding hydrogens is 278 g/mol. The molecule has 1 amide bonds. The molecule has 0 heterocycles. The molecule has 0 unspecified atom stereocenters. The van der Waals surface area contributed by atoms with Crippen LogP contribution in [0.25, 0.3) is 0 Å². The van der Waals surface area contributed by atoms with Crippen LogP contribution in [-0.2, 0) is 6.42 Å². The number of aryl methyl sites for hydroxylation is 1. The monoisotopic (exact) mass is 291 g/mol. The Hall–Kier alpha value is -2.20. The summed E-state index contributed by atoms with van der Waals surface area (Å²) in [6.45, 7) is 0. The Balaban J connectivity index is 2.11. The largest absolute Gasteiger partial charge is 0.508 e. The predicted octanol–water partition coefficient (Wildman–Crippen LogP) is 3.13. The highest BCUT2D eigenvalue weighted by molar-refractivity contribution is 6.18. The van der Waals surface area contributed by atoms with Crippen LogP contribution in [-0.4, -0.2) is 22.0 Å². The molecular formula is C15H14ClNO3. The van der Waals surface area contributed by atoms with E-state index in [2.05, 4.69) is 5.32 Å². The highest BCUT2D eigenvalue weighted by atomic mass is 35.5. The molecule has 0 atom stereocenters. The molecule has 0 aliphatic heterocycles. The van der Waals surface area contributed by atoms with Crippen molar-refractivity contribution in [1.29, 1.82) is 0 Å². The first-order chi connectivity index (χ1) is 9.60. The second-order valence-corrected chi connectivity index (χ2v) is 4.67. The number of phenolic OH excluding ortho intramolecular Hbond substituents is 2. The summed E-state index contributed by atoms with van der Waals surface area (Å²) < 4.78 is 0. The average molecular weight is 292 g/mol. The Morgan fingerprint density at radius 2 is 1.80 bits per heavy atom. The smallest absolute Gasteiger partial charge is 0.259 e. The standard InChI is InChI=1S/C15H14ClNO3/c16-8-7-10-1-3-11(4-2-10)17-15(20)13-6-5-12(18)9-14(13)19/h1-6,9,18-19H,7-8H2,(H,17,20). The summed E-state index contributed by atoms with van der Waals surface area (Å²) in [5.74, 6) is -0.245. The van der Waals surface area contributed by atoms with E-state index < -0.39 is 5.91 Å². The highest BCUT2D eigenvalue weighted by Gasteiger charge is 2.11. The van der Waals surface area contributed by atoms with E-state index in [1.807, 2.05) is 12.1 Å². The van der Waals surface area contributed by atoms with E-state index in [0.717, 1.165) is 18.1 Å². The van der Waals surface area contributed by atoms with Crippen LogP contribution in [0.4, 0.5) is 5.69 Å². The third-order valence-electron chi connectivity index (χ3n) is 2.82. The van der Waals surface area contributed by atoms with Gasteiger partial charge in [0.1, 0.15) is 11.5 Å². The van der Waals surface area contributed by atoms with Crippen molar-refractivity contribution in [2.75, 3.05) is 11.2 Å². The molecule has 104 valence electrons. The van der Waals surface area contributed by atoms with Crippen molar-refractivity contribution in [2.24, 2.45) is 0 Å². The van der Waals surface area contributed by atoms with Gasteiger partial charge in [-0.05, 0) is 36.2 Å². The molecule has 0 radical (unpaired) electrons. The molecule has 0 fully saturated rings. The number of carbonyl (C=O) groups is 1. The zero-order chi connectivity index (χ0) is 14.5. The number of phenols is 2. The molecule has 2 aromatic carbocycles. The lowest BCUT2D eigenvalue weighted by Crippen LogP contribution is -2.12. The summed E-state index contributed by atoms with van der Waals surface area (Å²) in [5.41, 5.74) is 1.82. The van der Waals surface area contributed by atoms with Gasteiger partial charge in [0.2, 0.25) is 0 Å². The maximum absolute atomic E-state index is 12.0. The number of rotatable bonds is 4. The average Bonchev–Trinajstić information content (AvgIpc) is 2.41. The van der Waals surface area contributed by atoms with Gasteiger partial charge in [-0.3, -0.25) is 4.79 Å². The molecule has 0 saturated heterocycles. The van der Waals surface area contributed by atoms with Crippen molar-refractivity contribution in [3.63, 3.8) is 0 Å². The number of aromatic hydroxyl groups is 2. The molecule has 2 aromatic rings. The fraction of sp³-hybridized carbons (Fsp3) is 0.133. The number of anilines is 1. The maximum Gasteiger partial charge on any atom is 0.259 e. The zero-order valence-electron chi connectivity index (χ0n) is 10.6. The number of nitrogens with one attached hydrogen (secondary N) is 1. The first kappa shape index (κ1) is 14.2. The number of hydrogen-bond acceptors (Lipinski definition) is 3. The van der Waals surface area contributed by atoms with E-state index in [-0.39, 0.29) is 17.1 Å². The van der Waals surface area contributed by atoms with Gasteiger partial charge in [-0.25, -0.2) is 0 Å². The van der Waals surface area contributed by atoms with Gasteiger partial charge in [-0.1, -0.05) is 12.1 Å². The molecule has 0 aromatic heterocycles. The topological polar surface area (TPSA) is 69.6 Å². The number of halogens is 1. The van der Waals surface area contributed by atoms with E-state index in [0.29, 0.717) is 11.6 Å². The van der Waals surface area contributed by atoms with Crippen LogP contribution in [0, 0.1) is 0 Å². The summed E-state index contributed by atoms with van der Waals surface area (Å²) in [7, 11) is 0. The molecule has 3 N–H and O–H groups in total. The Morgan fingerprint density at radius 3 is 2.40 bits per heavy atom. The third kappa shape index (κ3) is 3.42. The Labute approximate surface area is 121 Å². The Kier molecular flexibility index (Phi) is 4.48. The van der Waals surface area contributed by atoms with Crippen LogP contribution in [0.3, 0.4) is 0 Å². The number of amides is 1. The number of carbonyl (C=O) groups excluding carboxylic acids is 1. The lowest BCUT2D eigenvalue weighted by Gasteiger charge is -2.08. The van der Waals surface area contributed by atoms with Gasteiger partial charge in [-0.15, -0.1) is 11.6 Å². The summed E-state index contributed by atoms with van der Waals surface area (Å²) in [5, 5.41) is 21.5. The van der Waals surface area contributed by atoms with Crippen molar-refractivity contribution >= 4 is 23.2 Å². The first-order valence-corrected chi connectivity index (χ1v) is 6.62. The summed E-state index contributed by atoms with van der Waals surface area (Å²) in [6.07, 6.45) is 0.772. The molecule has 20 heavy (non-hydrogen) atoms. The molecule has 2 rings (SSSR count). The third-order valence-corrected chi connectivity index (χ3v) is 3.01. The van der Waals surface area contributed by atoms with Crippen LogP contribution < -0.4 is 5.32 Å². The molecule has 5 heteroatoms. The van der Waals surface area contributed by atoms with Gasteiger partial charge in [0.15, 0.2) is 0 Å². The van der Waals surface area contributed by atoms with E-state index in [1.54, 1.807) is 12.1 Å². The number of alkyl halides is 1. The number of benzene rings is 2. The van der Waals surface area contributed by atoms with E-state index in [9.17, 15) is 15.0 Å². The van der Waals surface area contributed by atoms with Gasteiger partial charge >= 0.3 is 0 Å². The van der Waals surface area contributed by atoms with Gasteiger partial charge in [0.05, 0.1) is 5.56 Å². The maximum atomic E-state index is 12.0. The van der Waals surface area contributed by atoms with Crippen molar-refractivity contribution in [3.8, 4) is 11.5 Å². The van der Waals surface area contributed by atoms with Crippen LogP contribution in [0.2, 0.25) is 0 Å². The lowest BCUT2D eigenvalue weighted by molar-refractivity contribution is 0.102. The van der Waals surface area contributed by atoms with Crippen LogP contribution in [0.15, 0.2) is 42.5 Å². The quantitative estimate of drug-likeness (QED) is 0.758. The minimum atomic E-state index is -0.437. The molecule has 0 bridgehead atoms. The highest BCUT2D eigenvalue weighted by Crippen LogP contribution is 2.23. The number of hydrogen-bond donors (Lipinski definition) is 3. The van der Waals surface area contributed by atoms with E-state index >= 15 is 0 Å².